The Morgan fingerprint density at radius 2 is 1.81 bits per heavy atom. The van der Waals surface area contributed by atoms with Crippen molar-refractivity contribution >= 4 is 23.3 Å². The Labute approximate surface area is 152 Å². The molecule has 0 bridgehead atoms. The first-order chi connectivity index (χ1) is 12.6. The van der Waals surface area contributed by atoms with E-state index in [4.69, 9.17) is 5.73 Å². The van der Waals surface area contributed by atoms with E-state index in [9.17, 15) is 10.1 Å². The van der Waals surface area contributed by atoms with E-state index >= 15 is 0 Å². The number of benzene rings is 1. The Balaban J connectivity index is 1.79. The van der Waals surface area contributed by atoms with Crippen LogP contribution in [0.3, 0.4) is 0 Å². The predicted molar refractivity (Wildman–Crippen MR) is 102 cm³/mol. The maximum atomic E-state index is 11.5. The normalized spacial score (nSPS) is 14.7. The summed E-state index contributed by atoms with van der Waals surface area (Å²) in [7, 11) is 0. The van der Waals surface area contributed by atoms with Gasteiger partial charge in [0.15, 0.2) is 0 Å². The molecule has 1 aromatic carbocycles. The number of hydrogen-bond donors (Lipinski definition) is 2. The zero-order valence-electron chi connectivity index (χ0n) is 14.7. The fourth-order valence-corrected chi connectivity index (χ4v) is 3.18. The van der Waals surface area contributed by atoms with Crippen LogP contribution in [0.1, 0.15) is 31.2 Å². The summed E-state index contributed by atoms with van der Waals surface area (Å²) in [6, 6.07) is 10.1. The van der Waals surface area contributed by atoms with Gasteiger partial charge >= 0.3 is 5.69 Å². The molecule has 0 aliphatic carbocycles. The molecule has 0 spiro atoms. The summed E-state index contributed by atoms with van der Waals surface area (Å²) >= 11 is 0. The van der Waals surface area contributed by atoms with Gasteiger partial charge in [-0.25, -0.2) is 0 Å². The van der Waals surface area contributed by atoms with Gasteiger partial charge in [0.05, 0.1) is 4.92 Å². The van der Waals surface area contributed by atoms with E-state index in [1.807, 2.05) is 23.1 Å². The molecule has 1 aliphatic heterocycles. The molecule has 138 valence electrons. The first-order valence-corrected chi connectivity index (χ1v) is 9.00. The number of nitrogen functional groups attached to an aromatic ring is 1. The number of nitrogens with one attached hydrogen (secondary N) is 1. The summed E-state index contributed by atoms with van der Waals surface area (Å²) in [6.07, 6.45) is 5.07. The van der Waals surface area contributed by atoms with E-state index in [0.717, 1.165) is 45.2 Å². The van der Waals surface area contributed by atoms with E-state index in [1.54, 1.807) is 0 Å². The monoisotopic (exact) mass is 356 g/mol. The summed E-state index contributed by atoms with van der Waals surface area (Å²) in [5.74, 6) is 0.571. The van der Waals surface area contributed by atoms with Crippen LogP contribution in [0.15, 0.2) is 30.3 Å². The molecule has 0 saturated carbocycles. The van der Waals surface area contributed by atoms with Gasteiger partial charge < -0.3 is 16.0 Å². The fourth-order valence-electron chi connectivity index (χ4n) is 3.18. The van der Waals surface area contributed by atoms with Crippen molar-refractivity contribution in [1.29, 1.82) is 0 Å². The van der Waals surface area contributed by atoms with Crippen molar-refractivity contribution < 1.29 is 4.92 Å². The van der Waals surface area contributed by atoms with Crippen LogP contribution < -0.4 is 16.0 Å². The highest BCUT2D eigenvalue weighted by molar-refractivity contribution is 5.71. The average Bonchev–Trinajstić information content (AvgIpc) is 2.91. The molecule has 1 fully saturated rings. The first-order valence-electron chi connectivity index (χ1n) is 9.00. The minimum Gasteiger partial charge on any atom is -0.378 e. The molecule has 0 unspecified atom stereocenters. The Kier molecular flexibility index (Phi) is 5.83. The Bertz CT molecular complexity index is 745. The van der Waals surface area contributed by atoms with Crippen molar-refractivity contribution in [3.8, 4) is 0 Å². The van der Waals surface area contributed by atoms with Crippen molar-refractivity contribution in [2.75, 3.05) is 35.6 Å². The number of nitrogens with zero attached hydrogens (tertiary/aromatic N) is 4. The van der Waals surface area contributed by atoms with E-state index in [-0.39, 0.29) is 11.5 Å². The number of nitro groups is 1. The van der Waals surface area contributed by atoms with Gasteiger partial charge in [0.25, 0.3) is 0 Å². The number of anilines is 3. The summed E-state index contributed by atoms with van der Waals surface area (Å²) in [5, 5.41) is 14.6. The average molecular weight is 356 g/mol. The van der Waals surface area contributed by atoms with Gasteiger partial charge in [0, 0.05) is 19.6 Å². The predicted octanol–water partition coefficient (Wildman–Crippen LogP) is 3.00. The van der Waals surface area contributed by atoms with Gasteiger partial charge in [-0.1, -0.05) is 43.2 Å². The smallest absolute Gasteiger partial charge is 0.353 e. The van der Waals surface area contributed by atoms with E-state index in [1.165, 1.54) is 5.56 Å². The maximum Gasteiger partial charge on any atom is 0.353 e. The summed E-state index contributed by atoms with van der Waals surface area (Å²) < 4.78 is 0. The third kappa shape index (κ3) is 4.38. The summed E-state index contributed by atoms with van der Waals surface area (Å²) in [6.45, 7) is 2.13. The molecule has 2 aromatic rings. The van der Waals surface area contributed by atoms with Gasteiger partial charge in [-0.2, -0.15) is 9.97 Å². The molecular weight excluding hydrogens is 332 g/mol. The minimum atomic E-state index is -0.483. The fraction of sp³-hybridized carbons (Fsp3) is 0.444. The molecule has 1 aromatic heterocycles. The third-order valence-electron chi connectivity index (χ3n) is 4.52. The highest BCUT2D eigenvalue weighted by atomic mass is 16.6. The molecule has 26 heavy (non-hydrogen) atoms. The van der Waals surface area contributed by atoms with E-state index < -0.39 is 4.92 Å². The van der Waals surface area contributed by atoms with Crippen molar-refractivity contribution in [3.63, 3.8) is 0 Å². The van der Waals surface area contributed by atoms with Gasteiger partial charge in [-0.3, -0.25) is 10.1 Å². The van der Waals surface area contributed by atoms with Gasteiger partial charge in [-0.05, 0) is 24.8 Å². The second-order valence-electron chi connectivity index (χ2n) is 6.43. The zero-order chi connectivity index (χ0) is 18.4. The first kappa shape index (κ1) is 17.9. The van der Waals surface area contributed by atoms with Crippen LogP contribution in [0.4, 0.5) is 23.3 Å². The van der Waals surface area contributed by atoms with Crippen molar-refractivity contribution in [1.82, 2.24) is 9.97 Å². The largest absolute Gasteiger partial charge is 0.378 e. The molecule has 0 radical (unpaired) electrons. The second kappa shape index (κ2) is 8.46. The van der Waals surface area contributed by atoms with Crippen molar-refractivity contribution in [2.24, 2.45) is 0 Å². The zero-order valence-corrected chi connectivity index (χ0v) is 14.7. The van der Waals surface area contributed by atoms with E-state index in [0.29, 0.717) is 18.3 Å². The van der Waals surface area contributed by atoms with E-state index in [2.05, 4.69) is 27.4 Å². The highest BCUT2D eigenvalue weighted by Gasteiger charge is 2.27. The lowest BCUT2D eigenvalue weighted by molar-refractivity contribution is -0.383. The SMILES string of the molecule is Nc1nc(NCCc2ccccc2)nc(N2CCCCCC2)c1[N+](=O)[O-]. The lowest BCUT2D eigenvalue weighted by Crippen LogP contribution is -2.27. The van der Waals surface area contributed by atoms with Gasteiger partial charge in [0.1, 0.15) is 0 Å². The topological polar surface area (TPSA) is 110 Å². The lowest BCUT2D eigenvalue weighted by atomic mass is 10.1. The minimum absolute atomic E-state index is 0.0912. The van der Waals surface area contributed by atoms with Crippen LogP contribution in [-0.2, 0) is 6.42 Å². The molecule has 8 heteroatoms. The van der Waals surface area contributed by atoms with Crippen LogP contribution >= 0.6 is 0 Å². The number of nitrogens with two attached hydrogens (primary N) is 1. The summed E-state index contributed by atoms with van der Waals surface area (Å²) in [5.41, 5.74) is 6.90. The molecule has 8 nitrogen and oxygen atoms in total. The molecule has 1 aliphatic rings. The number of aromatic nitrogens is 2. The Hall–Kier alpha value is -2.90. The van der Waals surface area contributed by atoms with Crippen LogP contribution in [0, 0.1) is 10.1 Å². The molecule has 3 rings (SSSR count). The van der Waals surface area contributed by atoms with Crippen molar-refractivity contribution in [2.45, 2.75) is 32.1 Å². The van der Waals surface area contributed by atoms with Gasteiger partial charge in [-0.15, -0.1) is 0 Å². The maximum absolute atomic E-state index is 11.5. The molecule has 3 N–H and O–H groups in total. The number of hydrogen-bond acceptors (Lipinski definition) is 7. The highest BCUT2D eigenvalue weighted by Crippen LogP contribution is 2.33. The molecule has 0 atom stereocenters. The van der Waals surface area contributed by atoms with Crippen LogP contribution in [0.25, 0.3) is 0 Å². The second-order valence-corrected chi connectivity index (χ2v) is 6.43. The molecule has 2 heterocycles. The van der Waals surface area contributed by atoms with Gasteiger partial charge in [0.2, 0.25) is 17.6 Å². The summed E-state index contributed by atoms with van der Waals surface area (Å²) in [4.78, 5) is 21.5. The Morgan fingerprint density at radius 1 is 1.12 bits per heavy atom. The number of rotatable bonds is 6. The van der Waals surface area contributed by atoms with Crippen molar-refractivity contribution in [3.05, 3.63) is 46.0 Å². The lowest BCUT2D eigenvalue weighted by Gasteiger charge is -2.22. The standard InChI is InChI=1S/C18H24N6O2/c19-16-15(24(25)26)17(23-12-6-1-2-7-13-23)22-18(21-16)20-11-10-14-8-4-3-5-9-14/h3-5,8-9H,1-2,6-7,10-13H2,(H3,19,20,21,22). The molecular formula is C18H24N6O2. The third-order valence-corrected chi connectivity index (χ3v) is 4.52. The molecule has 1 saturated heterocycles. The van der Waals surface area contributed by atoms with Crippen LogP contribution in [0.5, 0.6) is 0 Å². The van der Waals surface area contributed by atoms with Crippen LogP contribution in [0.2, 0.25) is 0 Å². The quantitative estimate of drug-likeness (QED) is 0.604. The Morgan fingerprint density at radius 3 is 2.46 bits per heavy atom. The molecule has 0 amide bonds. The van der Waals surface area contributed by atoms with Crippen LogP contribution in [-0.4, -0.2) is 34.5 Å².